The summed E-state index contributed by atoms with van der Waals surface area (Å²) in [7, 11) is 0. The summed E-state index contributed by atoms with van der Waals surface area (Å²) in [5.74, 6) is -1.32. The molecule has 1 amide bonds. The predicted molar refractivity (Wildman–Crippen MR) is 121 cm³/mol. The molecule has 2 heterocycles. The van der Waals surface area contributed by atoms with E-state index in [0.717, 1.165) is 42.7 Å². The highest BCUT2D eigenvalue weighted by molar-refractivity contribution is 6.46. The molecule has 0 spiro atoms. The molecule has 6 heteroatoms. The second-order valence-corrected chi connectivity index (χ2v) is 8.16. The second kappa shape index (κ2) is 9.88. The number of rotatable bonds is 8. The van der Waals surface area contributed by atoms with E-state index >= 15 is 0 Å². The van der Waals surface area contributed by atoms with E-state index in [1.807, 2.05) is 38.1 Å². The molecule has 0 unspecified atom stereocenters. The number of hydrogen-bond acceptors (Lipinski definition) is 4. The molecule has 1 fully saturated rings. The van der Waals surface area contributed by atoms with Crippen molar-refractivity contribution in [3.63, 3.8) is 0 Å². The van der Waals surface area contributed by atoms with Crippen LogP contribution in [0, 0.1) is 13.8 Å². The number of benzene rings is 1. The average Bonchev–Trinajstić information content (AvgIpc) is 3.03. The summed E-state index contributed by atoms with van der Waals surface area (Å²) in [6.07, 6.45) is 4.10. The Bertz CT molecular complexity index is 981. The number of ketones is 1. The monoisotopic (exact) mass is 422 g/mol. The van der Waals surface area contributed by atoms with Gasteiger partial charge >= 0.3 is 0 Å². The lowest BCUT2D eigenvalue weighted by atomic mass is 9.94. The minimum atomic E-state index is -0.639. The first-order chi connectivity index (χ1) is 14.9. The number of pyridine rings is 1. The summed E-state index contributed by atoms with van der Waals surface area (Å²) < 4.78 is 0. The van der Waals surface area contributed by atoms with Crippen LogP contribution in [-0.4, -0.2) is 52.9 Å². The van der Waals surface area contributed by atoms with Crippen LogP contribution in [0.5, 0.6) is 0 Å². The molecule has 2 N–H and O–H groups in total. The lowest BCUT2D eigenvalue weighted by Crippen LogP contribution is -3.11. The topological polar surface area (TPSA) is 74.9 Å². The summed E-state index contributed by atoms with van der Waals surface area (Å²) in [6.45, 7) is 11.5. The SMILES string of the molecule is CC[NH+](CC)CCCN1C(=O)C(=O)C(=C(O)c2cc(C)ccc2C)[C@H]1c1cccnc1. The number of carbonyl (C=O) groups is 2. The van der Waals surface area contributed by atoms with E-state index in [1.54, 1.807) is 23.4 Å². The number of nitrogens with zero attached hydrogens (tertiary/aromatic N) is 2. The molecular weight excluding hydrogens is 390 g/mol. The van der Waals surface area contributed by atoms with Crippen LogP contribution in [0.4, 0.5) is 0 Å². The molecule has 0 aliphatic carbocycles. The molecule has 1 aromatic carbocycles. The zero-order chi connectivity index (χ0) is 22.5. The zero-order valence-corrected chi connectivity index (χ0v) is 18.8. The molecule has 1 aliphatic heterocycles. The second-order valence-electron chi connectivity index (χ2n) is 8.16. The van der Waals surface area contributed by atoms with Gasteiger partial charge in [-0.25, -0.2) is 0 Å². The van der Waals surface area contributed by atoms with Crippen molar-refractivity contribution in [1.82, 2.24) is 9.88 Å². The smallest absolute Gasteiger partial charge is 0.295 e. The van der Waals surface area contributed by atoms with E-state index in [0.29, 0.717) is 12.1 Å². The van der Waals surface area contributed by atoms with Crippen molar-refractivity contribution in [3.8, 4) is 0 Å². The summed E-state index contributed by atoms with van der Waals surface area (Å²) in [4.78, 5) is 33.3. The van der Waals surface area contributed by atoms with Crippen molar-refractivity contribution in [1.29, 1.82) is 0 Å². The Balaban J connectivity index is 2.04. The Hall–Kier alpha value is -2.99. The number of nitrogens with one attached hydrogen (secondary N) is 1. The quantitative estimate of drug-likeness (QED) is 0.389. The molecule has 0 radical (unpaired) electrons. The van der Waals surface area contributed by atoms with Gasteiger partial charge in [0, 0.05) is 30.9 Å². The Morgan fingerprint density at radius 2 is 1.90 bits per heavy atom. The number of aryl methyl sites for hydroxylation is 2. The molecule has 1 atom stereocenters. The van der Waals surface area contributed by atoms with E-state index in [4.69, 9.17) is 0 Å². The van der Waals surface area contributed by atoms with E-state index in [9.17, 15) is 14.7 Å². The highest BCUT2D eigenvalue weighted by atomic mass is 16.3. The number of aliphatic hydroxyl groups is 1. The highest BCUT2D eigenvalue weighted by Gasteiger charge is 2.46. The molecule has 1 saturated heterocycles. The van der Waals surface area contributed by atoms with Crippen LogP contribution >= 0.6 is 0 Å². The fourth-order valence-electron chi connectivity index (χ4n) is 4.23. The van der Waals surface area contributed by atoms with Crippen molar-refractivity contribution in [2.24, 2.45) is 0 Å². The third kappa shape index (κ3) is 4.69. The summed E-state index contributed by atoms with van der Waals surface area (Å²) >= 11 is 0. The standard InChI is InChI=1S/C25H31N3O3/c1-5-27(6-2)13-8-14-28-22(19-9-7-12-26-16-19)21(24(30)25(28)31)23(29)20-15-17(3)10-11-18(20)4/h7,9-12,15-16,22,29H,5-6,8,13-14H2,1-4H3/p+1/t22-/m1/s1. The molecule has 0 saturated carbocycles. The van der Waals surface area contributed by atoms with E-state index in [1.165, 1.54) is 4.90 Å². The average molecular weight is 423 g/mol. The van der Waals surface area contributed by atoms with Gasteiger partial charge in [-0.15, -0.1) is 0 Å². The fourth-order valence-corrected chi connectivity index (χ4v) is 4.23. The van der Waals surface area contributed by atoms with Crippen LogP contribution < -0.4 is 4.90 Å². The van der Waals surface area contributed by atoms with Crippen molar-refractivity contribution in [2.75, 3.05) is 26.2 Å². The highest BCUT2D eigenvalue weighted by Crippen LogP contribution is 2.39. The Kier molecular flexibility index (Phi) is 7.23. The Morgan fingerprint density at radius 1 is 1.16 bits per heavy atom. The van der Waals surface area contributed by atoms with Gasteiger partial charge in [-0.05, 0) is 51.0 Å². The van der Waals surface area contributed by atoms with Crippen molar-refractivity contribution in [2.45, 2.75) is 40.2 Å². The molecule has 164 valence electrons. The maximum atomic E-state index is 13.1. The lowest BCUT2D eigenvalue weighted by Gasteiger charge is -2.26. The zero-order valence-electron chi connectivity index (χ0n) is 18.8. The van der Waals surface area contributed by atoms with Crippen LogP contribution in [0.25, 0.3) is 5.76 Å². The van der Waals surface area contributed by atoms with Gasteiger partial charge in [0.25, 0.3) is 11.7 Å². The van der Waals surface area contributed by atoms with Crippen LogP contribution in [0.15, 0.2) is 48.3 Å². The van der Waals surface area contributed by atoms with Crippen LogP contribution in [-0.2, 0) is 9.59 Å². The largest absolute Gasteiger partial charge is 0.507 e. The van der Waals surface area contributed by atoms with Gasteiger partial charge in [-0.2, -0.15) is 0 Å². The van der Waals surface area contributed by atoms with Crippen molar-refractivity contribution in [3.05, 3.63) is 70.6 Å². The summed E-state index contributed by atoms with van der Waals surface area (Å²) in [5, 5.41) is 11.2. The number of likely N-dealkylation sites (tertiary alicyclic amines) is 1. The summed E-state index contributed by atoms with van der Waals surface area (Å²) in [6, 6.07) is 8.71. The first-order valence-electron chi connectivity index (χ1n) is 11.0. The number of aromatic nitrogens is 1. The minimum absolute atomic E-state index is 0.120. The molecule has 1 aliphatic rings. The Labute approximate surface area is 184 Å². The molecular formula is C25H32N3O3+. The minimum Gasteiger partial charge on any atom is -0.507 e. The maximum absolute atomic E-state index is 13.1. The van der Waals surface area contributed by atoms with Crippen LogP contribution in [0.2, 0.25) is 0 Å². The number of aliphatic hydroxyl groups excluding tert-OH is 1. The number of Topliss-reactive ketones (excluding diaryl/α,β-unsaturated/α-hetero) is 1. The van der Waals surface area contributed by atoms with Crippen molar-refractivity contribution >= 4 is 17.4 Å². The summed E-state index contributed by atoms with van der Waals surface area (Å²) in [5.41, 5.74) is 3.27. The van der Waals surface area contributed by atoms with Gasteiger partial charge < -0.3 is 14.9 Å². The van der Waals surface area contributed by atoms with Gasteiger partial charge in [0.05, 0.1) is 31.2 Å². The van der Waals surface area contributed by atoms with Crippen LogP contribution in [0.1, 0.15) is 48.6 Å². The normalized spacial score (nSPS) is 18.2. The molecule has 6 nitrogen and oxygen atoms in total. The number of amides is 1. The Morgan fingerprint density at radius 3 is 2.55 bits per heavy atom. The van der Waals surface area contributed by atoms with Gasteiger partial charge in [0.1, 0.15) is 5.76 Å². The van der Waals surface area contributed by atoms with Gasteiger partial charge in [0.2, 0.25) is 0 Å². The molecule has 31 heavy (non-hydrogen) atoms. The van der Waals surface area contributed by atoms with Gasteiger partial charge in [0.15, 0.2) is 0 Å². The molecule has 3 rings (SSSR count). The third-order valence-electron chi connectivity index (χ3n) is 6.12. The number of carbonyl (C=O) groups excluding carboxylic acids is 2. The van der Waals surface area contributed by atoms with E-state index < -0.39 is 17.7 Å². The number of hydrogen-bond donors (Lipinski definition) is 2. The van der Waals surface area contributed by atoms with Crippen LogP contribution in [0.3, 0.4) is 0 Å². The molecule has 1 aromatic heterocycles. The third-order valence-corrected chi connectivity index (χ3v) is 6.12. The first kappa shape index (κ1) is 22.7. The maximum Gasteiger partial charge on any atom is 0.295 e. The van der Waals surface area contributed by atoms with E-state index in [2.05, 4.69) is 18.8 Å². The van der Waals surface area contributed by atoms with Crippen molar-refractivity contribution < 1.29 is 19.6 Å². The molecule has 0 bridgehead atoms. The fraction of sp³-hybridized carbons (Fsp3) is 0.400. The van der Waals surface area contributed by atoms with E-state index in [-0.39, 0.29) is 11.3 Å². The van der Waals surface area contributed by atoms with Gasteiger partial charge in [-0.3, -0.25) is 14.6 Å². The number of quaternary nitrogens is 1. The molecule has 2 aromatic rings. The lowest BCUT2D eigenvalue weighted by molar-refractivity contribution is -0.896. The first-order valence-corrected chi connectivity index (χ1v) is 11.0. The van der Waals surface area contributed by atoms with Gasteiger partial charge in [-0.1, -0.05) is 23.8 Å². The predicted octanol–water partition coefficient (Wildman–Crippen LogP) is 2.43.